The number of aromatic carboxylic acids is 1. The lowest BCUT2D eigenvalue weighted by Gasteiger charge is -2.05. The number of aryl methyl sites for hydroxylation is 1. The van der Waals surface area contributed by atoms with Gasteiger partial charge in [-0.3, -0.25) is 0 Å². The highest BCUT2D eigenvalue weighted by Gasteiger charge is 2.21. The molecule has 0 fully saturated rings. The van der Waals surface area contributed by atoms with Crippen LogP contribution >= 0.6 is 34.8 Å². The summed E-state index contributed by atoms with van der Waals surface area (Å²) in [6.07, 6.45) is 0. The van der Waals surface area contributed by atoms with Gasteiger partial charge in [0, 0.05) is 5.39 Å². The number of nitrogens with one attached hydrogen (secondary N) is 1. The van der Waals surface area contributed by atoms with Gasteiger partial charge < -0.3 is 15.2 Å². The monoisotopic (exact) mass is 398 g/mol. The first-order chi connectivity index (χ1) is 11.8. The van der Waals surface area contributed by atoms with E-state index in [2.05, 4.69) is 20.2 Å². The topological polar surface area (TPSA) is 111 Å². The molecule has 0 aliphatic carbocycles. The Morgan fingerprint density at radius 2 is 1.84 bits per heavy atom. The molecule has 3 rings (SSSR count). The number of carbonyl (C=O) groups is 1. The Labute approximate surface area is 155 Å². The molecule has 2 heterocycles. The number of pyridine rings is 1. The van der Waals surface area contributed by atoms with Gasteiger partial charge in [0.25, 0.3) is 0 Å². The van der Waals surface area contributed by atoms with Crippen molar-refractivity contribution in [3.63, 3.8) is 0 Å². The molecule has 0 amide bonds. The Bertz CT molecular complexity index is 1050. The number of carboxylic acid groups (broad SMARTS) is 1. The summed E-state index contributed by atoms with van der Waals surface area (Å²) in [5.41, 5.74) is 1.12. The van der Waals surface area contributed by atoms with E-state index in [-0.39, 0.29) is 32.5 Å². The fourth-order valence-electron chi connectivity index (χ4n) is 2.27. The zero-order chi connectivity index (χ0) is 18.3. The predicted octanol–water partition coefficient (Wildman–Crippen LogP) is 5.65. The predicted molar refractivity (Wildman–Crippen MR) is 95.1 cm³/mol. The van der Waals surface area contributed by atoms with Crippen molar-refractivity contribution in [3.05, 3.63) is 44.7 Å². The number of hydrogen-bond acceptors (Lipinski definition) is 5. The molecule has 10 heteroatoms. The van der Waals surface area contributed by atoms with Crippen LogP contribution in [-0.2, 0) is 0 Å². The quantitative estimate of drug-likeness (QED) is 0.390. The number of para-hydroxylation sites is 1. The van der Waals surface area contributed by atoms with E-state index < -0.39 is 11.7 Å². The second-order valence-electron chi connectivity index (χ2n) is 5.05. The molecule has 1 aromatic carbocycles. The lowest BCUT2D eigenvalue weighted by Crippen LogP contribution is -2.02. The molecule has 0 aliphatic rings. The summed E-state index contributed by atoms with van der Waals surface area (Å²) in [6.45, 7) is 1.87. The molecule has 0 spiro atoms. The number of benzene rings is 1. The standard InChI is InChI=1S/C15H9Cl3N4O3/c1-5-3-2-4-6-9(5)20-14(23)10(6)21-22-11-7(16)12(15(24)25)19-13(18)8(11)17/h2-4,20,23H,1H3,(H,24,25). The third kappa shape index (κ3) is 3.02. The Kier molecular flexibility index (Phi) is 4.55. The molecule has 0 aliphatic heterocycles. The van der Waals surface area contributed by atoms with Crippen molar-refractivity contribution in [1.29, 1.82) is 0 Å². The Morgan fingerprint density at radius 3 is 2.52 bits per heavy atom. The third-order valence-electron chi connectivity index (χ3n) is 3.46. The molecule has 3 N–H and O–H groups in total. The number of azo groups is 1. The molecule has 3 aromatic rings. The van der Waals surface area contributed by atoms with Gasteiger partial charge in [-0.15, -0.1) is 10.2 Å². The highest BCUT2D eigenvalue weighted by Crippen LogP contribution is 2.42. The van der Waals surface area contributed by atoms with Crippen molar-refractivity contribution in [2.24, 2.45) is 10.2 Å². The SMILES string of the molecule is Cc1cccc2c(N=Nc3c(Cl)c(Cl)nc(C(=O)O)c3Cl)c(O)[nH]c12. The van der Waals surface area contributed by atoms with Crippen molar-refractivity contribution < 1.29 is 15.0 Å². The molecule has 0 saturated carbocycles. The number of nitrogens with zero attached hydrogens (tertiary/aromatic N) is 3. The average Bonchev–Trinajstić information content (AvgIpc) is 2.88. The molecule has 0 radical (unpaired) electrons. The number of halogens is 3. The van der Waals surface area contributed by atoms with Crippen molar-refractivity contribution in [2.45, 2.75) is 6.92 Å². The summed E-state index contributed by atoms with van der Waals surface area (Å²) in [6, 6.07) is 5.42. The van der Waals surface area contributed by atoms with Gasteiger partial charge in [-0.05, 0) is 12.5 Å². The Hall–Kier alpha value is -2.35. The van der Waals surface area contributed by atoms with E-state index in [0.29, 0.717) is 10.9 Å². The molecule has 25 heavy (non-hydrogen) atoms. The van der Waals surface area contributed by atoms with Crippen molar-refractivity contribution in [1.82, 2.24) is 9.97 Å². The number of aromatic hydroxyl groups is 1. The number of H-pyrrole nitrogens is 1. The summed E-state index contributed by atoms with van der Waals surface area (Å²) in [5, 5.41) is 26.9. The average molecular weight is 400 g/mol. The maximum atomic E-state index is 11.2. The molecule has 2 aromatic heterocycles. The molecular weight excluding hydrogens is 391 g/mol. The fourth-order valence-corrected chi connectivity index (χ4v) is 2.92. The minimum atomic E-state index is -1.38. The Morgan fingerprint density at radius 1 is 1.16 bits per heavy atom. The van der Waals surface area contributed by atoms with E-state index in [1.54, 1.807) is 12.1 Å². The van der Waals surface area contributed by atoms with E-state index in [4.69, 9.17) is 39.9 Å². The fraction of sp³-hybridized carbons (Fsp3) is 0.0667. The van der Waals surface area contributed by atoms with Crippen LogP contribution in [0.5, 0.6) is 5.88 Å². The van der Waals surface area contributed by atoms with E-state index in [1.807, 2.05) is 13.0 Å². The van der Waals surface area contributed by atoms with Crippen LogP contribution < -0.4 is 0 Å². The number of aromatic amines is 1. The van der Waals surface area contributed by atoms with Gasteiger partial charge in [-0.25, -0.2) is 9.78 Å². The van der Waals surface area contributed by atoms with Crippen LogP contribution in [0.3, 0.4) is 0 Å². The van der Waals surface area contributed by atoms with E-state index in [1.165, 1.54) is 0 Å². The summed E-state index contributed by atoms with van der Waals surface area (Å²) >= 11 is 17.8. The van der Waals surface area contributed by atoms with Gasteiger partial charge in [0.2, 0.25) is 5.88 Å². The van der Waals surface area contributed by atoms with Crippen LogP contribution in [0.4, 0.5) is 11.4 Å². The largest absolute Gasteiger partial charge is 0.493 e. The molecule has 0 atom stereocenters. The molecule has 0 saturated heterocycles. The van der Waals surface area contributed by atoms with Gasteiger partial charge >= 0.3 is 5.97 Å². The Balaban J connectivity index is 2.17. The van der Waals surface area contributed by atoms with Gasteiger partial charge in [-0.1, -0.05) is 53.0 Å². The highest BCUT2D eigenvalue weighted by molar-refractivity contribution is 6.45. The van der Waals surface area contributed by atoms with E-state index >= 15 is 0 Å². The van der Waals surface area contributed by atoms with Gasteiger partial charge in [-0.2, -0.15) is 0 Å². The first kappa shape index (κ1) is 17.5. The normalized spacial score (nSPS) is 11.5. The first-order valence-corrected chi connectivity index (χ1v) is 7.94. The number of hydrogen-bond donors (Lipinski definition) is 3. The molecule has 0 unspecified atom stereocenters. The number of rotatable bonds is 3. The lowest BCUT2D eigenvalue weighted by molar-refractivity contribution is 0.0690. The smallest absolute Gasteiger partial charge is 0.356 e. The molecule has 128 valence electrons. The summed E-state index contributed by atoms with van der Waals surface area (Å²) in [4.78, 5) is 17.6. The number of aromatic nitrogens is 2. The maximum absolute atomic E-state index is 11.2. The number of carboxylic acids is 1. The zero-order valence-corrected chi connectivity index (χ0v) is 14.8. The molecule has 7 nitrogen and oxygen atoms in total. The summed E-state index contributed by atoms with van der Waals surface area (Å²) in [5.74, 6) is -1.58. The van der Waals surface area contributed by atoms with Crippen LogP contribution in [0.15, 0.2) is 28.4 Å². The van der Waals surface area contributed by atoms with Gasteiger partial charge in [0.15, 0.2) is 16.5 Å². The van der Waals surface area contributed by atoms with E-state index in [9.17, 15) is 9.90 Å². The second-order valence-corrected chi connectivity index (χ2v) is 6.17. The van der Waals surface area contributed by atoms with Crippen LogP contribution in [0.2, 0.25) is 15.2 Å². The number of fused-ring (bicyclic) bond motifs is 1. The van der Waals surface area contributed by atoms with Crippen molar-refractivity contribution in [3.8, 4) is 5.88 Å². The first-order valence-electron chi connectivity index (χ1n) is 6.81. The van der Waals surface area contributed by atoms with Gasteiger partial charge in [0.05, 0.1) is 5.52 Å². The van der Waals surface area contributed by atoms with Crippen LogP contribution in [-0.4, -0.2) is 26.2 Å². The van der Waals surface area contributed by atoms with Crippen LogP contribution in [0.1, 0.15) is 16.1 Å². The molecule has 0 bridgehead atoms. The third-order valence-corrected chi connectivity index (χ3v) is 4.55. The maximum Gasteiger partial charge on any atom is 0.356 e. The van der Waals surface area contributed by atoms with E-state index in [0.717, 1.165) is 5.56 Å². The van der Waals surface area contributed by atoms with Crippen LogP contribution in [0.25, 0.3) is 10.9 Å². The van der Waals surface area contributed by atoms with Gasteiger partial charge in [0.1, 0.15) is 15.7 Å². The zero-order valence-electron chi connectivity index (χ0n) is 12.5. The second kappa shape index (κ2) is 6.51. The molecular formula is C15H9Cl3N4O3. The van der Waals surface area contributed by atoms with Crippen LogP contribution in [0, 0.1) is 6.92 Å². The van der Waals surface area contributed by atoms with Crippen molar-refractivity contribution in [2.75, 3.05) is 0 Å². The summed E-state index contributed by atoms with van der Waals surface area (Å²) < 4.78 is 0. The minimum Gasteiger partial charge on any atom is -0.493 e. The minimum absolute atomic E-state index is 0.143. The highest BCUT2D eigenvalue weighted by atomic mass is 35.5. The lowest BCUT2D eigenvalue weighted by atomic mass is 10.1. The van der Waals surface area contributed by atoms with Crippen molar-refractivity contribution >= 4 is 63.0 Å². The summed E-state index contributed by atoms with van der Waals surface area (Å²) in [7, 11) is 0.